The van der Waals surface area contributed by atoms with Crippen LogP contribution in [0.1, 0.15) is 22.3 Å². The average Bonchev–Trinajstić information content (AvgIpc) is 2.45. The highest BCUT2D eigenvalue weighted by Gasteiger charge is 2.11. The van der Waals surface area contributed by atoms with Crippen molar-refractivity contribution < 1.29 is 9.53 Å². The lowest BCUT2D eigenvalue weighted by Crippen LogP contribution is -2.14. The molecule has 0 saturated heterocycles. The molecule has 2 aromatic carbocycles. The van der Waals surface area contributed by atoms with Crippen molar-refractivity contribution >= 4 is 11.6 Å². The molecular weight excluding hydrogens is 252 g/mol. The summed E-state index contributed by atoms with van der Waals surface area (Å²) in [4.78, 5) is 11.3. The van der Waals surface area contributed by atoms with Crippen LogP contribution in [0.15, 0.2) is 48.5 Å². The molecule has 0 unspecified atom stereocenters. The first-order valence-electron chi connectivity index (χ1n) is 6.53. The number of anilines is 1. The number of hydrogen-bond acceptors (Lipinski definition) is 3. The van der Waals surface area contributed by atoms with Gasteiger partial charge in [-0.25, -0.2) is 0 Å². The minimum Gasteiger partial charge on any atom is -0.491 e. The Labute approximate surface area is 118 Å². The summed E-state index contributed by atoms with van der Waals surface area (Å²) in [6, 6.07) is 15.2. The van der Waals surface area contributed by atoms with Crippen LogP contribution in [0.2, 0.25) is 0 Å². The smallest absolute Gasteiger partial charge is 0.252 e. The quantitative estimate of drug-likeness (QED) is 0.625. The summed E-state index contributed by atoms with van der Waals surface area (Å²) in [5, 5.41) is 0. The van der Waals surface area contributed by atoms with Crippen LogP contribution >= 0.6 is 0 Å². The van der Waals surface area contributed by atoms with Gasteiger partial charge in [-0.2, -0.15) is 0 Å². The van der Waals surface area contributed by atoms with E-state index in [1.54, 1.807) is 18.2 Å². The molecule has 0 heterocycles. The van der Waals surface area contributed by atoms with Crippen molar-refractivity contribution in [2.45, 2.75) is 12.8 Å². The second kappa shape index (κ2) is 6.61. The number of amides is 1. The minimum absolute atomic E-state index is 0.324. The molecule has 0 fully saturated rings. The van der Waals surface area contributed by atoms with Crippen LogP contribution in [0.5, 0.6) is 5.75 Å². The number of ether oxygens (including phenoxy) is 1. The molecule has 0 saturated carbocycles. The maximum Gasteiger partial charge on any atom is 0.252 e. The zero-order valence-corrected chi connectivity index (χ0v) is 11.2. The predicted molar refractivity (Wildman–Crippen MR) is 79.6 cm³/mol. The molecule has 1 amide bonds. The van der Waals surface area contributed by atoms with E-state index in [-0.39, 0.29) is 0 Å². The van der Waals surface area contributed by atoms with Gasteiger partial charge in [0.2, 0.25) is 0 Å². The Morgan fingerprint density at radius 2 is 1.80 bits per heavy atom. The molecule has 0 spiro atoms. The van der Waals surface area contributed by atoms with Gasteiger partial charge in [-0.15, -0.1) is 0 Å². The summed E-state index contributed by atoms with van der Waals surface area (Å²) in [7, 11) is 0. The third kappa shape index (κ3) is 3.51. The number of nitrogen functional groups attached to an aromatic ring is 1. The van der Waals surface area contributed by atoms with Gasteiger partial charge in [0, 0.05) is 0 Å². The summed E-state index contributed by atoms with van der Waals surface area (Å²) in [5.74, 6) is -0.150. The molecular formula is C16H18N2O2. The summed E-state index contributed by atoms with van der Waals surface area (Å²) in [5.41, 5.74) is 13.1. The Hall–Kier alpha value is -2.49. The normalized spacial score (nSPS) is 10.2. The van der Waals surface area contributed by atoms with Crippen molar-refractivity contribution in [1.29, 1.82) is 0 Å². The van der Waals surface area contributed by atoms with Gasteiger partial charge in [0.25, 0.3) is 5.91 Å². The molecule has 4 N–H and O–H groups in total. The lowest BCUT2D eigenvalue weighted by atomic mass is 10.1. The highest BCUT2D eigenvalue weighted by atomic mass is 16.5. The fourth-order valence-electron chi connectivity index (χ4n) is 2.01. The molecule has 2 aromatic rings. The fraction of sp³-hybridized carbons (Fsp3) is 0.188. The first kappa shape index (κ1) is 13.9. The Bertz CT molecular complexity index is 582. The van der Waals surface area contributed by atoms with Crippen molar-refractivity contribution in [3.8, 4) is 5.75 Å². The zero-order chi connectivity index (χ0) is 14.4. The van der Waals surface area contributed by atoms with Crippen molar-refractivity contribution in [2.75, 3.05) is 12.3 Å². The van der Waals surface area contributed by atoms with Crippen LogP contribution in [0, 0.1) is 0 Å². The second-order valence-electron chi connectivity index (χ2n) is 4.53. The summed E-state index contributed by atoms with van der Waals surface area (Å²) in [6.45, 7) is 0.489. The van der Waals surface area contributed by atoms with Gasteiger partial charge in [-0.1, -0.05) is 36.4 Å². The van der Waals surface area contributed by atoms with Gasteiger partial charge in [0.1, 0.15) is 0 Å². The molecule has 0 aliphatic carbocycles. The van der Waals surface area contributed by atoms with Crippen molar-refractivity contribution in [3.63, 3.8) is 0 Å². The third-order valence-electron chi connectivity index (χ3n) is 3.01. The van der Waals surface area contributed by atoms with Crippen LogP contribution in [-0.2, 0) is 6.42 Å². The van der Waals surface area contributed by atoms with Crippen LogP contribution in [0.25, 0.3) is 0 Å². The number of benzene rings is 2. The lowest BCUT2D eigenvalue weighted by Gasteiger charge is -2.12. The predicted octanol–water partition coefficient (Wildman–Crippen LogP) is 2.38. The topological polar surface area (TPSA) is 78.3 Å². The number of primary amides is 1. The number of nitrogens with two attached hydrogens (primary N) is 2. The molecule has 0 aromatic heterocycles. The van der Waals surface area contributed by atoms with Crippen molar-refractivity contribution in [1.82, 2.24) is 0 Å². The van der Waals surface area contributed by atoms with E-state index in [0.29, 0.717) is 23.6 Å². The molecule has 0 bridgehead atoms. The van der Waals surface area contributed by atoms with Crippen molar-refractivity contribution in [2.24, 2.45) is 5.73 Å². The number of carbonyl (C=O) groups excluding carboxylic acids is 1. The van der Waals surface area contributed by atoms with E-state index in [1.165, 1.54) is 5.56 Å². The van der Waals surface area contributed by atoms with Crippen LogP contribution in [0.3, 0.4) is 0 Å². The molecule has 4 heteroatoms. The van der Waals surface area contributed by atoms with E-state index in [2.05, 4.69) is 12.1 Å². The number of carbonyl (C=O) groups is 1. The summed E-state index contributed by atoms with van der Waals surface area (Å²) >= 11 is 0. The molecule has 104 valence electrons. The zero-order valence-electron chi connectivity index (χ0n) is 11.2. The van der Waals surface area contributed by atoms with Crippen molar-refractivity contribution in [3.05, 3.63) is 59.7 Å². The molecule has 2 rings (SSSR count). The Morgan fingerprint density at radius 1 is 1.05 bits per heavy atom. The fourth-order valence-corrected chi connectivity index (χ4v) is 2.01. The maximum absolute atomic E-state index is 11.3. The average molecular weight is 270 g/mol. The monoisotopic (exact) mass is 270 g/mol. The van der Waals surface area contributed by atoms with Gasteiger partial charge in [-0.05, 0) is 30.5 Å². The van der Waals surface area contributed by atoms with E-state index >= 15 is 0 Å². The lowest BCUT2D eigenvalue weighted by molar-refractivity contribution is 0.0996. The van der Waals surface area contributed by atoms with Gasteiger partial charge < -0.3 is 16.2 Å². The molecule has 0 aliphatic heterocycles. The molecule has 0 radical (unpaired) electrons. The number of hydrogen-bond donors (Lipinski definition) is 2. The van der Waals surface area contributed by atoms with Gasteiger partial charge in [-0.3, -0.25) is 4.79 Å². The Kier molecular flexibility index (Phi) is 4.60. The molecule has 0 aliphatic rings. The first-order valence-corrected chi connectivity index (χ1v) is 6.53. The van der Waals surface area contributed by atoms with E-state index in [1.807, 2.05) is 18.2 Å². The van der Waals surface area contributed by atoms with Crippen LogP contribution in [-0.4, -0.2) is 12.5 Å². The van der Waals surface area contributed by atoms with Gasteiger partial charge >= 0.3 is 0 Å². The summed E-state index contributed by atoms with van der Waals surface area (Å²) < 4.78 is 5.63. The molecule has 0 atom stereocenters. The number of rotatable bonds is 6. The minimum atomic E-state index is -0.532. The van der Waals surface area contributed by atoms with Crippen LogP contribution < -0.4 is 16.2 Å². The SMILES string of the molecule is NC(=O)c1cccc(N)c1OCCCc1ccccc1. The second-order valence-corrected chi connectivity index (χ2v) is 4.53. The van der Waals surface area contributed by atoms with E-state index in [4.69, 9.17) is 16.2 Å². The third-order valence-corrected chi connectivity index (χ3v) is 3.01. The van der Waals surface area contributed by atoms with E-state index in [9.17, 15) is 4.79 Å². The number of para-hydroxylation sites is 1. The largest absolute Gasteiger partial charge is 0.491 e. The summed E-state index contributed by atoms with van der Waals surface area (Å²) in [6.07, 6.45) is 1.76. The van der Waals surface area contributed by atoms with Gasteiger partial charge in [0.05, 0.1) is 17.9 Å². The number of aryl methyl sites for hydroxylation is 1. The first-order chi connectivity index (χ1) is 9.68. The standard InChI is InChI=1S/C16H18N2O2/c17-14-10-4-9-13(16(18)19)15(14)20-11-5-8-12-6-2-1-3-7-12/h1-4,6-7,9-10H,5,8,11,17H2,(H2,18,19). The van der Waals surface area contributed by atoms with E-state index in [0.717, 1.165) is 12.8 Å². The highest BCUT2D eigenvalue weighted by molar-refractivity contribution is 5.97. The molecule has 4 nitrogen and oxygen atoms in total. The van der Waals surface area contributed by atoms with E-state index < -0.39 is 5.91 Å². The maximum atomic E-state index is 11.3. The molecule has 20 heavy (non-hydrogen) atoms. The highest BCUT2D eigenvalue weighted by Crippen LogP contribution is 2.26. The van der Waals surface area contributed by atoms with Gasteiger partial charge in [0.15, 0.2) is 5.75 Å². The van der Waals surface area contributed by atoms with Crippen LogP contribution in [0.4, 0.5) is 5.69 Å². The Morgan fingerprint density at radius 3 is 2.50 bits per heavy atom. The Balaban J connectivity index is 1.93.